The molecule has 280 valence electrons. The number of H-pyrrole nitrogens is 1. The average molecular weight is 756 g/mol. The molecule has 0 bridgehead atoms. The molecule has 0 spiro atoms. The third-order valence-corrected chi connectivity index (χ3v) is 12.3. The molecule has 8 rings (SSSR count). The van der Waals surface area contributed by atoms with Gasteiger partial charge in [0.2, 0.25) is 0 Å². The maximum absolute atomic E-state index is 13.9. The maximum atomic E-state index is 13.9. The minimum atomic E-state index is -3.02. The smallest absolute Gasteiger partial charge is 0.329 e. The molecule has 2 aliphatic heterocycles. The van der Waals surface area contributed by atoms with Gasteiger partial charge in [0.15, 0.2) is 0 Å². The van der Waals surface area contributed by atoms with Crippen LogP contribution in [0.3, 0.4) is 0 Å². The fourth-order valence-electron chi connectivity index (χ4n) is 7.60. The number of aromatic nitrogens is 3. The molecule has 0 atom stereocenters. The van der Waals surface area contributed by atoms with E-state index in [0.717, 1.165) is 70.0 Å². The van der Waals surface area contributed by atoms with Crippen molar-refractivity contribution in [3.05, 3.63) is 120 Å². The summed E-state index contributed by atoms with van der Waals surface area (Å²) in [6.45, 7) is 2.53. The van der Waals surface area contributed by atoms with Crippen molar-refractivity contribution in [1.29, 1.82) is 0 Å². The Kier molecular flexibility index (Phi) is 9.57. The SMILES string of the molecule is COc1ccc(-c2c(-c3ccc(CN4CCC(S(C)(=O)=O)CC4)cc3)[nH]c3ncc4c(c23)CN(c2ccc(C(=O)Nc3cccnc3)cc2)C(=O)N4C)cc1. The number of likely N-dealkylation sites (tertiary alicyclic amines) is 1. The largest absolute Gasteiger partial charge is 0.497 e. The number of methoxy groups -OCH3 is 1. The first-order chi connectivity index (χ1) is 26.6. The van der Waals surface area contributed by atoms with Gasteiger partial charge in [0.25, 0.3) is 5.91 Å². The monoisotopic (exact) mass is 755 g/mol. The molecule has 0 saturated carbocycles. The molecule has 3 amide bonds. The molecule has 0 unspecified atom stereocenters. The van der Waals surface area contributed by atoms with E-state index in [4.69, 9.17) is 9.72 Å². The number of benzene rings is 3. The van der Waals surface area contributed by atoms with E-state index in [0.29, 0.717) is 35.4 Å². The number of fused-ring (bicyclic) bond motifs is 3. The fraction of sp³-hybridized carbons (Fsp3) is 0.238. The Bertz CT molecular complexity index is 2480. The molecule has 2 aliphatic rings. The van der Waals surface area contributed by atoms with Crippen molar-refractivity contribution in [1.82, 2.24) is 19.9 Å². The van der Waals surface area contributed by atoms with Crippen LogP contribution in [0.2, 0.25) is 0 Å². The van der Waals surface area contributed by atoms with Crippen LogP contribution in [-0.2, 0) is 22.9 Å². The molecule has 1 fully saturated rings. The van der Waals surface area contributed by atoms with Crippen LogP contribution in [0.5, 0.6) is 5.75 Å². The number of anilines is 3. The number of amides is 3. The van der Waals surface area contributed by atoms with Crippen LogP contribution in [0, 0.1) is 0 Å². The van der Waals surface area contributed by atoms with Gasteiger partial charge in [0.1, 0.15) is 21.2 Å². The number of rotatable bonds is 9. The molecule has 2 N–H and O–H groups in total. The summed E-state index contributed by atoms with van der Waals surface area (Å²) < 4.78 is 29.6. The molecule has 5 heterocycles. The quantitative estimate of drug-likeness (QED) is 0.159. The van der Waals surface area contributed by atoms with Gasteiger partial charge in [-0.2, -0.15) is 0 Å². The Morgan fingerprint density at radius 3 is 2.31 bits per heavy atom. The summed E-state index contributed by atoms with van der Waals surface area (Å²) in [5, 5.41) is 3.50. The summed E-state index contributed by atoms with van der Waals surface area (Å²) in [6, 6.07) is 26.7. The van der Waals surface area contributed by atoms with Gasteiger partial charge in [-0.15, -0.1) is 0 Å². The molecule has 12 nitrogen and oxygen atoms in total. The van der Waals surface area contributed by atoms with E-state index in [-0.39, 0.29) is 23.7 Å². The second-order valence-corrected chi connectivity index (χ2v) is 16.4. The molecule has 1 saturated heterocycles. The molecule has 3 aromatic heterocycles. The first-order valence-electron chi connectivity index (χ1n) is 18.1. The number of aromatic amines is 1. The zero-order valence-electron chi connectivity index (χ0n) is 30.8. The van der Waals surface area contributed by atoms with Crippen LogP contribution in [0.15, 0.2) is 104 Å². The molecular formula is C42H41N7O5S. The van der Waals surface area contributed by atoms with Gasteiger partial charge in [-0.3, -0.25) is 24.5 Å². The second kappa shape index (κ2) is 14.6. The lowest BCUT2D eigenvalue weighted by Gasteiger charge is -2.35. The van der Waals surface area contributed by atoms with Crippen molar-refractivity contribution in [2.24, 2.45) is 0 Å². The number of carbonyl (C=O) groups excluding carboxylic acids is 2. The number of hydrogen-bond acceptors (Lipinski definition) is 8. The fourth-order valence-corrected chi connectivity index (χ4v) is 8.66. The summed E-state index contributed by atoms with van der Waals surface area (Å²) in [6.07, 6.45) is 7.61. The lowest BCUT2D eigenvalue weighted by Crippen LogP contribution is -2.45. The normalized spacial score (nSPS) is 15.3. The minimum Gasteiger partial charge on any atom is -0.497 e. The molecule has 55 heavy (non-hydrogen) atoms. The van der Waals surface area contributed by atoms with Crippen molar-refractivity contribution < 1.29 is 22.7 Å². The van der Waals surface area contributed by atoms with Gasteiger partial charge in [-0.05, 0) is 91.2 Å². The van der Waals surface area contributed by atoms with Crippen LogP contribution < -0.4 is 19.9 Å². The lowest BCUT2D eigenvalue weighted by molar-refractivity contribution is 0.102. The van der Waals surface area contributed by atoms with Gasteiger partial charge in [-0.1, -0.05) is 36.4 Å². The highest BCUT2D eigenvalue weighted by Crippen LogP contribution is 2.44. The Labute approximate surface area is 319 Å². The van der Waals surface area contributed by atoms with Crippen molar-refractivity contribution in [3.63, 3.8) is 0 Å². The van der Waals surface area contributed by atoms with Crippen molar-refractivity contribution in [2.75, 3.05) is 48.6 Å². The van der Waals surface area contributed by atoms with E-state index in [2.05, 4.69) is 44.5 Å². The Hall–Kier alpha value is -6.05. The molecule has 0 radical (unpaired) electrons. The summed E-state index contributed by atoms with van der Waals surface area (Å²) in [5.74, 6) is 0.468. The van der Waals surface area contributed by atoms with Crippen LogP contribution in [0.25, 0.3) is 33.4 Å². The third-order valence-electron chi connectivity index (χ3n) is 10.6. The number of sulfone groups is 1. The molecular weight excluding hydrogens is 715 g/mol. The van der Waals surface area contributed by atoms with E-state index in [1.54, 1.807) is 78.9 Å². The van der Waals surface area contributed by atoms with E-state index in [1.165, 1.54) is 6.26 Å². The number of nitrogens with one attached hydrogen (secondary N) is 2. The summed E-state index contributed by atoms with van der Waals surface area (Å²) in [5.41, 5.74) is 9.01. The highest BCUT2D eigenvalue weighted by Gasteiger charge is 2.33. The van der Waals surface area contributed by atoms with Gasteiger partial charge in [-0.25, -0.2) is 18.2 Å². The van der Waals surface area contributed by atoms with Crippen molar-refractivity contribution >= 4 is 49.9 Å². The molecule has 0 aliphatic carbocycles. The predicted molar refractivity (Wildman–Crippen MR) is 215 cm³/mol. The number of piperidine rings is 1. The first-order valence-corrected chi connectivity index (χ1v) is 20.1. The maximum Gasteiger partial charge on any atom is 0.329 e. The molecule has 3 aromatic carbocycles. The number of hydrogen-bond donors (Lipinski definition) is 2. The van der Waals surface area contributed by atoms with Gasteiger partial charge >= 0.3 is 6.03 Å². The van der Waals surface area contributed by atoms with E-state index >= 15 is 0 Å². The highest BCUT2D eigenvalue weighted by molar-refractivity contribution is 7.91. The Morgan fingerprint density at radius 1 is 0.945 bits per heavy atom. The minimum absolute atomic E-state index is 0.209. The standard InChI is InChI=1S/C42H41N7O5S/c1-47-36-24-44-40-38(35(36)26-49(42(47)51)32-14-10-30(11-15-32)41(50)45-31-5-4-20-43-23-31)37(28-12-16-33(54-2)17-13-28)39(46-40)29-8-6-27(7-9-29)25-48-21-18-34(19-22-48)55(3,52)53/h4-17,20,23-24,34H,18-19,21-22,25-26H2,1-3H3,(H,44,46)(H,45,50). The Balaban J connectivity index is 1.13. The summed E-state index contributed by atoms with van der Waals surface area (Å²) >= 11 is 0. The topological polar surface area (TPSA) is 141 Å². The molecule has 13 heteroatoms. The second-order valence-electron chi connectivity index (χ2n) is 14.1. The summed E-state index contributed by atoms with van der Waals surface area (Å²) in [7, 11) is 0.369. The van der Waals surface area contributed by atoms with Crippen LogP contribution in [-0.4, -0.2) is 79.0 Å². The van der Waals surface area contributed by atoms with Crippen LogP contribution >= 0.6 is 0 Å². The zero-order chi connectivity index (χ0) is 38.3. The van der Waals surface area contributed by atoms with E-state index in [9.17, 15) is 18.0 Å². The van der Waals surface area contributed by atoms with Crippen molar-refractivity contribution in [2.45, 2.75) is 31.2 Å². The predicted octanol–water partition coefficient (Wildman–Crippen LogP) is 7.14. The number of pyridine rings is 2. The average Bonchev–Trinajstić information content (AvgIpc) is 3.60. The highest BCUT2D eigenvalue weighted by atomic mass is 32.2. The number of carbonyl (C=O) groups is 2. The van der Waals surface area contributed by atoms with Crippen molar-refractivity contribution in [3.8, 4) is 28.1 Å². The number of urea groups is 1. The van der Waals surface area contributed by atoms with Gasteiger partial charge in [0.05, 0.1) is 48.4 Å². The van der Waals surface area contributed by atoms with E-state index in [1.807, 2.05) is 24.3 Å². The third kappa shape index (κ3) is 7.16. The van der Waals surface area contributed by atoms with Crippen LogP contribution in [0.1, 0.15) is 34.3 Å². The number of ether oxygens (including phenoxy) is 1. The first kappa shape index (κ1) is 36.0. The molecule has 6 aromatic rings. The zero-order valence-corrected chi connectivity index (χ0v) is 31.6. The van der Waals surface area contributed by atoms with E-state index < -0.39 is 9.84 Å². The van der Waals surface area contributed by atoms with Crippen LogP contribution in [0.4, 0.5) is 21.9 Å². The lowest BCUT2D eigenvalue weighted by atomic mass is 9.94. The number of nitrogens with zero attached hydrogens (tertiary/aromatic N) is 5. The Morgan fingerprint density at radius 2 is 1.65 bits per heavy atom. The van der Waals surface area contributed by atoms with Gasteiger partial charge < -0.3 is 15.0 Å². The van der Waals surface area contributed by atoms with Gasteiger partial charge in [0, 0.05) is 53.8 Å². The summed E-state index contributed by atoms with van der Waals surface area (Å²) in [4.78, 5) is 44.9.